The van der Waals surface area contributed by atoms with Crippen LogP contribution >= 0.6 is 22.6 Å². The molecule has 1 aliphatic rings. The Morgan fingerprint density at radius 2 is 2.37 bits per heavy atom. The Balaban J connectivity index is 2.03. The zero-order valence-corrected chi connectivity index (χ0v) is 12.1. The van der Waals surface area contributed by atoms with Gasteiger partial charge in [0.05, 0.1) is 0 Å². The van der Waals surface area contributed by atoms with Gasteiger partial charge in [0.25, 0.3) is 0 Å². The van der Waals surface area contributed by atoms with Gasteiger partial charge in [0.2, 0.25) is 0 Å². The van der Waals surface area contributed by atoms with Gasteiger partial charge in [-0.15, -0.1) is 0 Å². The van der Waals surface area contributed by atoms with Gasteiger partial charge in [0, 0.05) is 31.4 Å². The summed E-state index contributed by atoms with van der Waals surface area (Å²) >= 11 is 2.13. The molecule has 1 atom stereocenters. The van der Waals surface area contributed by atoms with Crippen molar-refractivity contribution in [2.75, 3.05) is 18.8 Å². The molecule has 2 aromatic rings. The lowest BCUT2D eigenvalue weighted by Gasteiger charge is -2.11. The summed E-state index contributed by atoms with van der Waals surface area (Å²) in [5.74, 6) is 1.41. The number of fused-ring (bicyclic) bond motifs is 1. The molecule has 0 aliphatic carbocycles. The number of amides is 1. The first-order valence-corrected chi connectivity index (χ1v) is 6.91. The largest absolute Gasteiger partial charge is 0.465 e. The molecule has 0 aromatic carbocycles. The molecule has 0 radical (unpaired) electrons. The number of carbonyl (C=O) groups is 1. The fourth-order valence-corrected chi connectivity index (χ4v) is 3.26. The number of halogens is 1. The van der Waals surface area contributed by atoms with Crippen LogP contribution < -0.4 is 5.73 Å². The van der Waals surface area contributed by atoms with Gasteiger partial charge in [0.1, 0.15) is 15.0 Å². The molecule has 7 nitrogen and oxygen atoms in total. The van der Waals surface area contributed by atoms with Gasteiger partial charge < -0.3 is 15.7 Å². The van der Waals surface area contributed by atoms with E-state index < -0.39 is 6.09 Å². The third-order valence-corrected chi connectivity index (χ3v) is 4.14. The van der Waals surface area contributed by atoms with E-state index >= 15 is 0 Å². The molecule has 2 aromatic heterocycles. The van der Waals surface area contributed by atoms with E-state index in [1.165, 1.54) is 4.90 Å². The number of anilines is 1. The zero-order valence-electron chi connectivity index (χ0n) is 9.95. The number of aromatic nitrogens is 3. The number of hydrogen-bond donors (Lipinski definition) is 2. The summed E-state index contributed by atoms with van der Waals surface area (Å²) in [6, 6.07) is 0. The van der Waals surface area contributed by atoms with Crippen molar-refractivity contribution in [3.8, 4) is 0 Å². The summed E-state index contributed by atoms with van der Waals surface area (Å²) in [4.78, 5) is 21.0. The molecular weight excluding hydrogens is 361 g/mol. The molecule has 0 unspecified atom stereocenters. The summed E-state index contributed by atoms with van der Waals surface area (Å²) < 4.78 is 2.71. The number of nitrogen functional groups attached to an aromatic ring is 1. The predicted octanol–water partition coefficient (Wildman–Crippen LogP) is 1.38. The molecule has 3 N–H and O–H groups in total. The minimum absolute atomic E-state index is 0.105. The second-order valence-electron chi connectivity index (χ2n) is 4.51. The van der Waals surface area contributed by atoms with E-state index in [9.17, 15) is 4.79 Å². The molecule has 0 spiro atoms. The van der Waals surface area contributed by atoms with Gasteiger partial charge in [0.15, 0.2) is 5.82 Å². The standard InChI is InChI=1S/C11H12IN5O2/c12-8-7-9(13)14-2-4-17(7)10(15-8)6-1-3-16(5-6)11(18)19/h2,4,6H,1,3,5H2,(H2,13,14)(H,18,19)/t6-/m0/s1. The normalized spacial score (nSPS) is 19.2. The lowest BCUT2D eigenvalue weighted by Crippen LogP contribution is -2.26. The van der Waals surface area contributed by atoms with E-state index in [1.54, 1.807) is 6.20 Å². The van der Waals surface area contributed by atoms with Gasteiger partial charge in [-0.05, 0) is 29.0 Å². The molecule has 100 valence electrons. The quantitative estimate of drug-likeness (QED) is 0.737. The Bertz CT molecular complexity index is 656. The number of imidazole rings is 1. The smallest absolute Gasteiger partial charge is 0.407 e. The molecule has 3 heterocycles. The highest BCUT2D eigenvalue weighted by atomic mass is 127. The van der Waals surface area contributed by atoms with Gasteiger partial charge in [-0.2, -0.15) is 0 Å². The maximum atomic E-state index is 11.0. The molecule has 0 bridgehead atoms. The van der Waals surface area contributed by atoms with Gasteiger partial charge in [-0.1, -0.05) is 0 Å². The van der Waals surface area contributed by atoms with E-state index in [1.807, 2.05) is 10.6 Å². The fraction of sp³-hybridized carbons (Fsp3) is 0.364. The molecule has 1 fully saturated rings. The Morgan fingerprint density at radius 3 is 3.05 bits per heavy atom. The Hall–Kier alpha value is -1.58. The van der Waals surface area contributed by atoms with E-state index in [0.29, 0.717) is 18.9 Å². The lowest BCUT2D eigenvalue weighted by molar-refractivity contribution is 0.155. The van der Waals surface area contributed by atoms with E-state index in [4.69, 9.17) is 10.8 Å². The number of rotatable bonds is 1. The van der Waals surface area contributed by atoms with Crippen LogP contribution in [0.5, 0.6) is 0 Å². The van der Waals surface area contributed by atoms with Crippen LogP contribution in [0.2, 0.25) is 0 Å². The van der Waals surface area contributed by atoms with Crippen LogP contribution in [0.25, 0.3) is 5.52 Å². The summed E-state index contributed by atoms with van der Waals surface area (Å²) in [5.41, 5.74) is 6.66. The van der Waals surface area contributed by atoms with Gasteiger partial charge in [-0.25, -0.2) is 14.8 Å². The third-order valence-electron chi connectivity index (χ3n) is 3.39. The first-order valence-electron chi connectivity index (χ1n) is 5.83. The maximum Gasteiger partial charge on any atom is 0.407 e. The summed E-state index contributed by atoms with van der Waals surface area (Å²) in [6.45, 7) is 1.03. The summed E-state index contributed by atoms with van der Waals surface area (Å²) in [6.07, 6.45) is 3.36. The number of nitrogens with zero attached hydrogens (tertiary/aromatic N) is 4. The highest BCUT2D eigenvalue weighted by Gasteiger charge is 2.30. The first-order chi connectivity index (χ1) is 9.08. The van der Waals surface area contributed by atoms with Crippen molar-refractivity contribution in [3.63, 3.8) is 0 Å². The minimum Gasteiger partial charge on any atom is -0.465 e. The molecule has 1 saturated heterocycles. The maximum absolute atomic E-state index is 11.0. The molecule has 8 heteroatoms. The fourth-order valence-electron chi connectivity index (χ4n) is 2.48. The number of nitrogens with two attached hydrogens (primary N) is 1. The highest BCUT2D eigenvalue weighted by molar-refractivity contribution is 14.1. The second kappa shape index (κ2) is 4.51. The first kappa shape index (κ1) is 12.5. The molecule has 0 saturated carbocycles. The average Bonchev–Trinajstić information content (AvgIpc) is 2.95. The molecule has 1 aliphatic heterocycles. The van der Waals surface area contributed by atoms with Crippen LogP contribution in [-0.2, 0) is 0 Å². The van der Waals surface area contributed by atoms with Crippen molar-refractivity contribution in [3.05, 3.63) is 21.9 Å². The zero-order chi connectivity index (χ0) is 13.6. The predicted molar refractivity (Wildman–Crippen MR) is 77.1 cm³/mol. The van der Waals surface area contributed by atoms with Crippen molar-refractivity contribution in [2.24, 2.45) is 0 Å². The van der Waals surface area contributed by atoms with E-state index in [-0.39, 0.29) is 5.92 Å². The van der Waals surface area contributed by atoms with Gasteiger partial charge >= 0.3 is 6.09 Å². The van der Waals surface area contributed by atoms with E-state index in [0.717, 1.165) is 21.5 Å². The third kappa shape index (κ3) is 1.99. The summed E-state index contributed by atoms with van der Waals surface area (Å²) in [5, 5.41) is 9.01. The second-order valence-corrected chi connectivity index (χ2v) is 5.53. The SMILES string of the molecule is Nc1nccn2c([C@H]3CCN(C(=O)O)C3)nc(I)c12. The number of carboxylic acid groups (broad SMARTS) is 1. The van der Waals surface area contributed by atoms with Crippen molar-refractivity contribution >= 4 is 40.0 Å². The Kier molecular flexibility index (Phi) is 2.96. The molecular formula is C11H12IN5O2. The van der Waals surface area contributed by atoms with Gasteiger partial charge in [-0.3, -0.25) is 4.40 Å². The Morgan fingerprint density at radius 1 is 1.58 bits per heavy atom. The van der Waals surface area contributed by atoms with Crippen LogP contribution in [0.3, 0.4) is 0 Å². The summed E-state index contributed by atoms with van der Waals surface area (Å²) in [7, 11) is 0. The van der Waals surface area contributed by atoms with Crippen molar-refractivity contribution in [1.29, 1.82) is 0 Å². The average molecular weight is 373 g/mol. The highest BCUT2D eigenvalue weighted by Crippen LogP contribution is 2.30. The minimum atomic E-state index is -0.876. The van der Waals surface area contributed by atoms with Crippen LogP contribution in [0.1, 0.15) is 18.2 Å². The molecule has 1 amide bonds. The van der Waals surface area contributed by atoms with Crippen molar-refractivity contribution < 1.29 is 9.90 Å². The molecule has 19 heavy (non-hydrogen) atoms. The van der Waals surface area contributed by atoms with E-state index in [2.05, 4.69) is 32.6 Å². The van der Waals surface area contributed by atoms with Crippen LogP contribution in [0.4, 0.5) is 10.6 Å². The molecule has 3 rings (SSSR count). The van der Waals surface area contributed by atoms with Crippen LogP contribution in [-0.4, -0.2) is 43.6 Å². The number of likely N-dealkylation sites (tertiary alicyclic amines) is 1. The number of hydrogen-bond acceptors (Lipinski definition) is 4. The topological polar surface area (TPSA) is 96.8 Å². The van der Waals surface area contributed by atoms with Crippen LogP contribution in [0.15, 0.2) is 12.4 Å². The van der Waals surface area contributed by atoms with Crippen LogP contribution in [0, 0.1) is 3.70 Å². The van der Waals surface area contributed by atoms with Crippen molar-refractivity contribution in [2.45, 2.75) is 12.3 Å². The monoisotopic (exact) mass is 373 g/mol. The lowest BCUT2D eigenvalue weighted by atomic mass is 10.1. The Labute approximate surface area is 122 Å². The van der Waals surface area contributed by atoms with Crippen molar-refractivity contribution in [1.82, 2.24) is 19.3 Å².